The molecular weight excluding hydrogens is 194 g/mol. The minimum absolute atomic E-state index is 0.118. The van der Waals surface area contributed by atoms with Crippen molar-refractivity contribution >= 4 is 5.91 Å². The summed E-state index contributed by atoms with van der Waals surface area (Å²) in [4.78, 5) is 13.5. The highest BCUT2D eigenvalue weighted by atomic mass is 16.3. The number of benzene rings is 1. The zero-order chi connectivity index (χ0) is 11.0. The highest BCUT2D eigenvalue weighted by Crippen LogP contribution is 2.29. The van der Waals surface area contributed by atoms with Crippen LogP contribution in [0.15, 0.2) is 18.2 Å². The lowest BCUT2D eigenvalue weighted by atomic mass is 10.2. The van der Waals surface area contributed by atoms with Crippen LogP contribution in [0.2, 0.25) is 0 Å². The lowest BCUT2D eigenvalue weighted by Gasteiger charge is -2.16. The Morgan fingerprint density at radius 1 is 1.33 bits per heavy atom. The van der Waals surface area contributed by atoms with Crippen LogP contribution in [-0.4, -0.2) is 34.1 Å². The maximum Gasteiger partial charge on any atom is 0.253 e. The van der Waals surface area contributed by atoms with E-state index in [1.165, 1.54) is 18.2 Å². The van der Waals surface area contributed by atoms with E-state index in [2.05, 4.69) is 0 Å². The lowest BCUT2D eigenvalue weighted by molar-refractivity contribution is 0.0784. The number of carbonyl (C=O) groups is 1. The molecule has 0 saturated heterocycles. The molecule has 0 heterocycles. The first-order valence-corrected chi connectivity index (χ1v) is 4.88. The third-order valence-corrected chi connectivity index (χ3v) is 2.64. The number of phenolic OH excluding ortho intramolecular Hbond substituents is 2. The van der Waals surface area contributed by atoms with Gasteiger partial charge in [-0.2, -0.15) is 0 Å². The van der Waals surface area contributed by atoms with Crippen molar-refractivity contribution in [3.8, 4) is 11.5 Å². The van der Waals surface area contributed by atoms with Gasteiger partial charge in [-0.25, -0.2) is 0 Å². The van der Waals surface area contributed by atoms with Gasteiger partial charge in [0, 0.05) is 18.7 Å². The first kappa shape index (κ1) is 9.83. The van der Waals surface area contributed by atoms with E-state index in [9.17, 15) is 9.90 Å². The van der Waals surface area contributed by atoms with Gasteiger partial charge in [-0.3, -0.25) is 4.79 Å². The molecule has 0 spiro atoms. The molecule has 1 aromatic rings. The van der Waals surface area contributed by atoms with Gasteiger partial charge in [0.1, 0.15) is 0 Å². The standard InChI is InChI=1S/C11H13NO3/c1-12(8-3-4-8)11(15)7-2-5-9(13)10(14)6-7/h2,5-6,8,13-14H,3-4H2,1H3. The van der Waals surface area contributed by atoms with Crippen LogP contribution in [0, 0.1) is 0 Å². The molecule has 0 bridgehead atoms. The maximum absolute atomic E-state index is 11.8. The lowest BCUT2D eigenvalue weighted by Crippen LogP contribution is -2.28. The molecular formula is C11H13NO3. The van der Waals surface area contributed by atoms with E-state index in [-0.39, 0.29) is 17.4 Å². The van der Waals surface area contributed by atoms with E-state index < -0.39 is 0 Å². The largest absolute Gasteiger partial charge is 0.504 e. The zero-order valence-corrected chi connectivity index (χ0v) is 8.47. The molecule has 0 atom stereocenters. The summed E-state index contributed by atoms with van der Waals surface area (Å²) in [6.07, 6.45) is 2.10. The second-order valence-electron chi connectivity index (χ2n) is 3.85. The second kappa shape index (κ2) is 3.46. The van der Waals surface area contributed by atoms with Crippen LogP contribution in [-0.2, 0) is 0 Å². The van der Waals surface area contributed by atoms with Crippen molar-refractivity contribution < 1.29 is 15.0 Å². The van der Waals surface area contributed by atoms with Gasteiger partial charge in [-0.05, 0) is 31.0 Å². The number of rotatable bonds is 2. The number of nitrogens with zero attached hydrogens (tertiary/aromatic N) is 1. The number of phenols is 2. The topological polar surface area (TPSA) is 60.8 Å². The molecule has 15 heavy (non-hydrogen) atoms. The number of hydrogen-bond acceptors (Lipinski definition) is 3. The normalized spacial score (nSPS) is 15.0. The fraction of sp³-hybridized carbons (Fsp3) is 0.364. The van der Waals surface area contributed by atoms with Crippen LogP contribution >= 0.6 is 0 Å². The number of amides is 1. The van der Waals surface area contributed by atoms with Crippen molar-refractivity contribution in [3.63, 3.8) is 0 Å². The van der Waals surface area contributed by atoms with Crippen molar-refractivity contribution in [2.45, 2.75) is 18.9 Å². The molecule has 1 amide bonds. The van der Waals surface area contributed by atoms with E-state index in [0.717, 1.165) is 12.8 Å². The summed E-state index contributed by atoms with van der Waals surface area (Å²) in [6.45, 7) is 0. The van der Waals surface area contributed by atoms with Crippen LogP contribution in [0.1, 0.15) is 23.2 Å². The predicted molar refractivity (Wildman–Crippen MR) is 54.9 cm³/mol. The van der Waals surface area contributed by atoms with Gasteiger partial charge in [-0.15, -0.1) is 0 Å². The fourth-order valence-electron chi connectivity index (χ4n) is 1.49. The Labute approximate surface area is 87.8 Å². The Morgan fingerprint density at radius 2 is 2.00 bits per heavy atom. The van der Waals surface area contributed by atoms with Gasteiger partial charge >= 0.3 is 0 Å². The van der Waals surface area contributed by atoms with Gasteiger partial charge in [0.05, 0.1) is 0 Å². The Bertz CT molecular complexity index is 399. The Balaban J connectivity index is 2.21. The monoisotopic (exact) mass is 207 g/mol. The molecule has 4 heteroatoms. The average Bonchev–Trinajstić information content (AvgIpc) is 3.03. The molecule has 1 aromatic carbocycles. The summed E-state index contributed by atoms with van der Waals surface area (Å²) in [6, 6.07) is 4.46. The molecule has 2 rings (SSSR count). The first-order valence-electron chi connectivity index (χ1n) is 4.88. The van der Waals surface area contributed by atoms with Crippen LogP contribution in [0.5, 0.6) is 11.5 Å². The third kappa shape index (κ3) is 1.88. The molecule has 1 aliphatic carbocycles. The SMILES string of the molecule is CN(C(=O)c1ccc(O)c(O)c1)C1CC1. The van der Waals surface area contributed by atoms with Gasteiger partial charge in [0.2, 0.25) is 0 Å². The minimum Gasteiger partial charge on any atom is -0.504 e. The minimum atomic E-state index is -0.259. The Kier molecular flexibility index (Phi) is 2.26. The Morgan fingerprint density at radius 3 is 2.53 bits per heavy atom. The Hall–Kier alpha value is -1.71. The zero-order valence-electron chi connectivity index (χ0n) is 8.47. The highest BCUT2D eigenvalue weighted by Gasteiger charge is 2.30. The van der Waals surface area contributed by atoms with Gasteiger partial charge < -0.3 is 15.1 Å². The summed E-state index contributed by atoms with van der Waals surface area (Å²) < 4.78 is 0. The van der Waals surface area contributed by atoms with E-state index in [1.807, 2.05) is 0 Å². The summed E-state index contributed by atoms with van der Waals surface area (Å²) in [5.74, 6) is -0.585. The fourth-order valence-corrected chi connectivity index (χ4v) is 1.49. The summed E-state index contributed by atoms with van der Waals surface area (Å²) >= 11 is 0. The number of aromatic hydroxyl groups is 2. The summed E-state index contributed by atoms with van der Waals surface area (Å²) in [5, 5.41) is 18.4. The van der Waals surface area contributed by atoms with E-state index >= 15 is 0 Å². The highest BCUT2D eigenvalue weighted by molar-refractivity contribution is 5.95. The van der Waals surface area contributed by atoms with Crippen LogP contribution in [0.25, 0.3) is 0 Å². The molecule has 80 valence electrons. The van der Waals surface area contributed by atoms with E-state index in [0.29, 0.717) is 11.6 Å². The van der Waals surface area contributed by atoms with Crippen LogP contribution in [0.3, 0.4) is 0 Å². The van der Waals surface area contributed by atoms with Crippen molar-refractivity contribution in [1.82, 2.24) is 4.90 Å². The van der Waals surface area contributed by atoms with Crippen molar-refractivity contribution in [2.75, 3.05) is 7.05 Å². The molecule has 1 aliphatic rings. The molecule has 1 fully saturated rings. The van der Waals surface area contributed by atoms with Crippen molar-refractivity contribution in [2.24, 2.45) is 0 Å². The molecule has 2 N–H and O–H groups in total. The molecule has 1 saturated carbocycles. The van der Waals surface area contributed by atoms with E-state index in [4.69, 9.17) is 5.11 Å². The quantitative estimate of drug-likeness (QED) is 0.719. The summed E-state index contributed by atoms with van der Waals surface area (Å²) in [7, 11) is 1.75. The first-order chi connectivity index (χ1) is 7.09. The maximum atomic E-state index is 11.8. The third-order valence-electron chi connectivity index (χ3n) is 2.64. The smallest absolute Gasteiger partial charge is 0.253 e. The molecule has 0 unspecified atom stereocenters. The second-order valence-corrected chi connectivity index (χ2v) is 3.85. The van der Waals surface area contributed by atoms with Crippen molar-refractivity contribution in [1.29, 1.82) is 0 Å². The van der Waals surface area contributed by atoms with Gasteiger partial charge in [0.25, 0.3) is 5.91 Å². The average molecular weight is 207 g/mol. The molecule has 0 aliphatic heterocycles. The predicted octanol–water partition coefficient (Wildman–Crippen LogP) is 1.33. The van der Waals surface area contributed by atoms with Crippen LogP contribution in [0.4, 0.5) is 0 Å². The van der Waals surface area contributed by atoms with E-state index in [1.54, 1.807) is 11.9 Å². The molecule has 0 radical (unpaired) electrons. The molecule has 4 nitrogen and oxygen atoms in total. The number of hydrogen-bond donors (Lipinski definition) is 2. The van der Waals surface area contributed by atoms with Gasteiger partial charge in [-0.1, -0.05) is 0 Å². The molecule has 0 aromatic heterocycles. The summed E-state index contributed by atoms with van der Waals surface area (Å²) in [5.41, 5.74) is 0.403. The van der Waals surface area contributed by atoms with Crippen LogP contribution < -0.4 is 0 Å². The van der Waals surface area contributed by atoms with Gasteiger partial charge in [0.15, 0.2) is 11.5 Å². The van der Waals surface area contributed by atoms with Crippen molar-refractivity contribution in [3.05, 3.63) is 23.8 Å². The number of carbonyl (C=O) groups excluding carboxylic acids is 1.